The standard InChI is InChI=1S/C22H24N6O2S/c1-2-3-12-30-16-10-8-15(9-11-16)21-25-27-28(26-21)14-20(29)24-22-18(13-23)17-6-4-5-7-19(17)31-22/h8-11H,2-7,12,14H2,1H3,(H,24,29). The Balaban J connectivity index is 1.38. The highest BCUT2D eigenvalue weighted by Crippen LogP contribution is 2.37. The lowest BCUT2D eigenvalue weighted by Gasteiger charge is -2.09. The van der Waals surface area contributed by atoms with Gasteiger partial charge in [-0.1, -0.05) is 13.3 Å². The van der Waals surface area contributed by atoms with Crippen LogP contribution in [-0.2, 0) is 24.2 Å². The van der Waals surface area contributed by atoms with Crippen LogP contribution in [0.5, 0.6) is 5.75 Å². The second kappa shape index (κ2) is 9.71. The molecule has 1 aromatic carbocycles. The van der Waals surface area contributed by atoms with E-state index in [1.165, 1.54) is 21.0 Å². The molecule has 1 aliphatic rings. The maximum Gasteiger partial charge on any atom is 0.248 e. The van der Waals surface area contributed by atoms with E-state index in [9.17, 15) is 10.1 Å². The van der Waals surface area contributed by atoms with Crippen LogP contribution in [0.25, 0.3) is 11.4 Å². The fraction of sp³-hybridized carbons (Fsp3) is 0.409. The Morgan fingerprint density at radius 2 is 2.10 bits per heavy atom. The van der Waals surface area contributed by atoms with Crippen molar-refractivity contribution in [1.82, 2.24) is 20.2 Å². The number of ether oxygens (including phenoxy) is 1. The number of carbonyl (C=O) groups is 1. The normalized spacial score (nSPS) is 12.8. The highest BCUT2D eigenvalue weighted by atomic mass is 32.1. The maximum absolute atomic E-state index is 12.5. The first kappa shape index (κ1) is 21.0. The van der Waals surface area contributed by atoms with Crippen molar-refractivity contribution >= 4 is 22.2 Å². The van der Waals surface area contributed by atoms with Gasteiger partial charge in [-0.15, -0.1) is 21.5 Å². The number of rotatable bonds is 8. The molecule has 0 aliphatic heterocycles. The molecule has 1 amide bonds. The van der Waals surface area contributed by atoms with E-state index < -0.39 is 0 Å². The summed E-state index contributed by atoms with van der Waals surface area (Å²) < 4.78 is 5.66. The van der Waals surface area contributed by atoms with Gasteiger partial charge >= 0.3 is 0 Å². The summed E-state index contributed by atoms with van der Waals surface area (Å²) in [4.78, 5) is 15.0. The van der Waals surface area contributed by atoms with Gasteiger partial charge in [0.15, 0.2) is 0 Å². The van der Waals surface area contributed by atoms with Crippen LogP contribution in [0, 0.1) is 11.3 Å². The van der Waals surface area contributed by atoms with Crippen LogP contribution in [0.1, 0.15) is 48.6 Å². The number of aryl methyl sites for hydroxylation is 1. The van der Waals surface area contributed by atoms with Gasteiger partial charge in [-0.3, -0.25) is 4.79 Å². The number of aromatic nitrogens is 4. The molecule has 0 saturated carbocycles. The van der Waals surface area contributed by atoms with E-state index in [2.05, 4.69) is 33.7 Å². The molecule has 0 fully saturated rings. The lowest BCUT2D eigenvalue weighted by atomic mass is 9.96. The summed E-state index contributed by atoms with van der Waals surface area (Å²) in [5, 5.41) is 25.4. The fourth-order valence-electron chi connectivity index (χ4n) is 3.53. The van der Waals surface area contributed by atoms with Crippen LogP contribution >= 0.6 is 11.3 Å². The number of amides is 1. The molecule has 31 heavy (non-hydrogen) atoms. The Morgan fingerprint density at radius 1 is 1.29 bits per heavy atom. The Morgan fingerprint density at radius 3 is 2.87 bits per heavy atom. The predicted octanol–water partition coefficient (Wildman–Crippen LogP) is 3.97. The van der Waals surface area contributed by atoms with Crippen molar-refractivity contribution < 1.29 is 9.53 Å². The summed E-state index contributed by atoms with van der Waals surface area (Å²) in [5.74, 6) is 0.965. The summed E-state index contributed by atoms with van der Waals surface area (Å²) in [5.41, 5.74) is 2.49. The van der Waals surface area contributed by atoms with Gasteiger partial charge in [-0.2, -0.15) is 10.1 Å². The number of unbranched alkanes of at least 4 members (excludes halogenated alkanes) is 1. The van der Waals surface area contributed by atoms with Gasteiger partial charge in [0.05, 0.1) is 12.2 Å². The van der Waals surface area contributed by atoms with E-state index in [-0.39, 0.29) is 12.5 Å². The largest absolute Gasteiger partial charge is 0.494 e. The molecule has 0 saturated heterocycles. The van der Waals surface area contributed by atoms with Gasteiger partial charge < -0.3 is 10.1 Å². The van der Waals surface area contributed by atoms with Crippen LogP contribution in [-0.4, -0.2) is 32.7 Å². The second-order valence-electron chi connectivity index (χ2n) is 7.44. The van der Waals surface area contributed by atoms with Gasteiger partial charge in [0, 0.05) is 10.4 Å². The summed E-state index contributed by atoms with van der Waals surface area (Å²) in [6.07, 6.45) is 6.20. The minimum Gasteiger partial charge on any atom is -0.494 e. The number of nitrogens with zero attached hydrogens (tertiary/aromatic N) is 5. The quantitative estimate of drug-likeness (QED) is 0.536. The van der Waals surface area contributed by atoms with Crippen LogP contribution in [0.4, 0.5) is 5.00 Å². The molecule has 1 aliphatic carbocycles. The van der Waals surface area contributed by atoms with Gasteiger partial charge in [0.2, 0.25) is 11.7 Å². The number of hydrogen-bond acceptors (Lipinski definition) is 7. The monoisotopic (exact) mass is 436 g/mol. The lowest BCUT2D eigenvalue weighted by molar-refractivity contribution is -0.117. The van der Waals surface area contributed by atoms with Gasteiger partial charge in [-0.25, -0.2) is 0 Å². The molecule has 9 heteroatoms. The Hall–Kier alpha value is -3.25. The second-order valence-corrected chi connectivity index (χ2v) is 8.55. The van der Waals surface area contributed by atoms with E-state index in [0.717, 1.165) is 55.4 Å². The van der Waals surface area contributed by atoms with E-state index >= 15 is 0 Å². The van der Waals surface area contributed by atoms with Crippen molar-refractivity contribution in [3.8, 4) is 23.2 Å². The zero-order valence-electron chi connectivity index (χ0n) is 17.4. The number of thiophene rings is 1. The number of benzene rings is 1. The first-order valence-electron chi connectivity index (χ1n) is 10.5. The van der Waals surface area contributed by atoms with Crippen molar-refractivity contribution in [2.24, 2.45) is 0 Å². The third-order valence-corrected chi connectivity index (χ3v) is 6.36. The predicted molar refractivity (Wildman–Crippen MR) is 118 cm³/mol. The molecule has 0 radical (unpaired) electrons. The average molecular weight is 437 g/mol. The molecule has 1 N–H and O–H groups in total. The molecule has 2 aromatic heterocycles. The van der Waals surface area contributed by atoms with Crippen LogP contribution in [0.2, 0.25) is 0 Å². The van der Waals surface area contributed by atoms with Crippen LogP contribution < -0.4 is 10.1 Å². The average Bonchev–Trinajstić information content (AvgIpc) is 3.38. The van der Waals surface area contributed by atoms with Crippen molar-refractivity contribution in [2.75, 3.05) is 11.9 Å². The van der Waals surface area contributed by atoms with E-state index in [1.807, 2.05) is 24.3 Å². The molecular weight excluding hydrogens is 412 g/mol. The molecule has 160 valence electrons. The molecule has 0 bridgehead atoms. The zero-order valence-corrected chi connectivity index (χ0v) is 18.2. The molecule has 8 nitrogen and oxygen atoms in total. The molecule has 4 rings (SSSR count). The number of carbonyl (C=O) groups excluding carboxylic acids is 1. The molecule has 0 unspecified atom stereocenters. The zero-order chi connectivity index (χ0) is 21.6. The topological polar surface area (TPSA) is 106 Å². The highest BCUT2D eigenvalue weighted by molar-refractivity contribution is 7.16. The molecule has 0 spiro atoms. The molecular formula is C22H24N6O2S. The van der Waals surface area contributed by atoms with Crippen LogP contribution in [0.3, 0.4) is 0 Å². The summed E-state index contributed by atoms with van der Waals surface area (Å²) in [6.45, 7) is 2.75. The first-order valence-corrected chi connectivity index (χ1v) is 11.3. The van der Waals surface area contributed by atoms with Gasteiger partial charge in [-0.05, 0) is 67.1 Å². The maximum atomic E-state index is 12.5. The van der Waals surface area contributed by atoms with E-state index in [4.69, 9.17) is 4.74 Å². The SMILES string of the molecule is CCCCOc1ccc(-c2nnn(CC(=O)Nc3sc4c(c3C#N)CCCC4)n2)cc1. The smallest absolute Gasteiger partial charge is 0.248 e. The van der Waals surface area contributed by atoms with Crippen molar-refractivity contribution in [2.45, 2.75) is 52.0 Å². The van der Waals surface area contributed by atoms with Gasteiger partial charge in [0.25, 0.3) is 0 Å². The Kier molecular flexibility index (Phi) is 6.57. The Labute approximate surface area is 184 Å². The summed E-state index contributed by atoms with van der Waals surface area (Å²) in [7, 11) is 0. The van der Waals surface area contributed by atoms with E-state index in [1.54, 1.807) is 0 Å². The molecule has 3 aromatic rings. The highest BCUT2D eigenvalue weighted by Gasteiger charge is 2.22. The van der Waals surface area contributed by atoms with Gasteiger partial charge in [0.1, 0.15) is 23.4 Å². The van der Waals surface area contributed by atoms with E-state index in [0.29, 0.717) is 23.0 Å². The van der Waals surface area contributed by atoms with Crippen molar-refractivity contribution in [3.05, 3.63) is 40.3 Å². The number of fused-ring (bicyclic) bond motifs is 1. The Bertz CT molecular complexity index is 1100. The van der Waals surface area contributed by atoms with Crippen molar-refractivity contribution in [1.29, 1.82) is 5.26 Å². The first-order chi connectivity index (χ1) is 15.2. The number of tetrazole rings is 1. The van der Waals surface area contributed by atoms with Crippen LogP contribution in [0.15, 0.2) is 24.3 Å². The number of nitriles is 1. The minimum atomic E-state index is -0.279. The summed E-state index contributed by atoms with van der Waals surface area (Å²) in [6, 6.07) is 9.75. The number of nitrogens with one attached hydrogen (secondary N) is 1. The lowest BCUT2D eigenvalue weighted by Crippen LogP contribution is -2.20. The van der Waals surface area contributed by atoms with Crippen molar-refractivity contribution in [3.63, 3.8) is 0 Å². The molecule has 2 heterocycles. The summed E-state index contributed by atoms with van der Waals surface area (Å²) >= 11 is 1.50. The third-order valence-electron chi connectivity index (χ3n) is 5.15. The fourth-order valence-corrected chi connectivity index (χ4v) is 4.78. The third kappa shape index (κ3) is 4.91. The molecule has 0 atom stereocenters. The number of hydrogen-bond donors (Lipinski definition) is 1. The minimum absolute atomic E-state index is 0.0708. The number of anilines is 1.